The molecule has 0 radical (unpaired) electrons. The highest BCUT2D eigenvalue weighted by Crippen LogP contribution is 2.25. The molecule has 134 valence electrons. The van der Waals surface area contributed by atoms with Crippen molar-refractivity contribution in [2.45, 2.75) is 13.0 Å². The van der Waals surface area contributed by atoms with Crippen LogP contribution in [-0.4, -0.2) is 53.1 Å². The van der Waals surface area contributed by atoms with Crippen LogP contribution in [-0.2, 0) is 0 Å². The zero-order valence-corrected chi connectivity index (χ0v) is 14.1. The van der Waals surface area contributed by atoms with Crippen molar-refractivity contribution in [3.8, 4) is 5.75 Å². The van der Waals surface area contributed by atoms with Gasteiger partial charge in [-0.1, -0.05) is 0 Å². The van der Waals surface area contributed by atoms with Gasteiger partial charge in [0.1, 0.15) is 5.82 Å². The van der Waals surface area contributed by atoms with E-state index >= 15 is 0 Å². The van der Waals surface area contributed by atoms with Crippen LogP contribution in [0.4, 0.5) is 20.7 Å². The van der Waals surface area contributed by atoms with E-state index in [0.29, 0.717) is 5.95 Å². The van der Waals surface area contributed by atoms with E-state index in [4.69, 9.17) is 10.5 Å². The van der Waals surface area contributed by atoms with Crippen LogP contribution in [0.5, 0.6) is 5.75 Å². The molecule has 2 heterocycles. The fourth-order valence-electron chi connectivity index (χ4n) is 2.54. The van der Waals surface area contributed by atoms with Gasteiger partial charge in [0.2, 0.25) is 11.9 Å². The van der Waals surface area contributed by atoms with E-state index in [1.165, 1.54) is 0 Å². The van der Waals surface area contributed by atoms with Gasteiger partial charge >= 0.3 is 0 Å². The maximum absolute atomic E-state index is 13.7. The Morgan fingerprint density at radius 2 is 1.84 bits per heavy atom. The summed E-state index contributed by atoms with van der Waals surface area (Å²) < 4.78 is 32.5. The van der Waals surface area contributed by atoms with E-state index in [1.54, 1.807) is 6.92 Å². The number of likely N-dealkylation sites (N-methyl/N-ethyl adjacent to an activating group) is 1. The molecule has 1 aromatic carbocycles. The van der Waals surface area contributed by atoms with Crippen molar-refractivity contribution in [1.29, 1.82) is 0 Å². The molecule has 0 saturated carbocycles. The van der Waals surface area contributed by atoms with Crippen LogP contribution in [0.2, 0.25) is 0 Å². The number of benzene rings is 1. The Kier molecular flexibility index (Phi) is 4.93. The van der Waals surface area contributed by atoms with Gasteiger partial charge in [-0.25, -0.2) is 8.78 Å². The summed E-state index contributed by atoms with van der Waals surface area (Å²) >= 11 is 0. The average Bonchev–Trinajstić information content (AvgIpc) is 2.58. The van der Waals surface area contributed by atoms with E-state index in [-0.39, 0.29) is 17.5 Å². The molecule has 9 heteroatoms. The molecule has 1 aromatic heterocycles. The summed E-state index contributed by atoms with van der Waals surface area (Å²) in [6.07, 6.45) is -0.715. The van der Waals surface area contributed by atoms with Crippen molar-refractivity contribution in [3.63, 3.8) is 0 Å². The first kappa shape index (κ1) is 17.3. The smallest absolute Gasteiger partial charge is 0.230 e. The first-order valence-corrected chi connectivity index (χ1v) is 7.99. The highest BCUT2D eigenvalue weighted by atomic mass is 19.1. The summed E-state index contributed by atoms with van der Waals surface area (Å²) in [6, 6.07) is 3.02. The normalized spacial score (nSPS) is 16.7. The predicted octanol–water partition coefficient (Wildman–Crippen LogP) is 1.62. The number of ether oxygens (including phenoxy) is 1. The Bertz CT molecular complexity index is 751. The van der Waals surface area contributed by atoms with E-state index < -0.39 is 17.7 Å². The topological polar surface area (TPSA) is 80.4 Å². The zero-order chi connectivity index (χ0) is 18.0. The van der Waals surface area contributed by atoms with E-state index in [0.717, 1.165) is 44.4 Å². The van der Waals surface area contributed by atoms with Crippen molar-refractivity contribution < 1.29 is 13.5 Å². The summed E-state index contributed by atoms with van der Waals surface area (Å²) in [7, 11) is 2.05. The summed E-state index contributed by atoms with van der Waals surface area (Å²) in [5.41, 5.74) is 5.79. The number of hydrogen-bond acceptors (Lipinski definition) is 7. The molecule has 0 bridgehead atoms. The monoisotopic (exact) mass is 350 g/mol. The lowest BCUT2D eigenvalue weighted by Gasteiger charge is -2.32. The van der Waals surface area contributed by atoms with E-state index in [1.807, 2.05) is 11.9 Å². The Hall–Kier alpha value is -2.55. The van der Waals surface area contributed by atoms with Gasteiger partial charge < -0.3 is 20.3 Å². The Labute approximate surface area is 144 Å². The van der Waals surface area contributed by atoms with Crippen molar-refractivity contribution >= 4 is 11.9 Å². The molecule has 2 N–H and O–H groups in total. The molecule has 0 spiro atoms. The minimum atomic E-state index is -0.715. The lowest BCUT2D eigenvalue weighted by Crippen LogP contribution is -2.45. The second-order valence-corrected chi connectivity index (χ2v) is 5.98. The summed E-state index contributed by atoms with van der Waals surface area (Å²) in [5, 5.41) is 0. The fraction of sp³-hybridized carbons (Fsp3) is 0.438. The lowest BCUT2D eigenvalue weighted by atomic mass is 10.3. The molecule has 1 fully saturated rings. The van der Waals surface area contributed by atoms with Gasteiger partial charge in [0.05, 0.1) is 0 Å². The maximum Gasteiger partial charge on any atom is 0.230 e. The number of nitrogens with zero attached hydrogens (tertiary/aromatic N) is 5. The molecule has 3 rings (SSSR count). The lowest BCUT2D eigenvalue weighted by molar-refractivity contribution is 0.205. The van der Waals surface area contributed by atoms with Gasteiger partial charge in [-0.3, -0.25) is 0 Å². The predicted molar refractivity (Wildman–Crippen MR) is 89.4 cm³/mol. The third kappa shape index (κ3) is 4.11. The number of halogens is 2. The van der Waals surface area contributed by atoms with Crippen LogP contribution in [0.15, 0.2) is 18.2 Å². The molecule has 0 amide bonds. The van der Waals surface area contributed by atoms with Crippen LogP contribution in [0, 0.1) is 11.6 Å². The third-order valence-electron chi connectivity index (χ3n) is 4.00. The SMILES string of the molecule is CC(Oc1cc(F)ccc1F)c1nc(N)nc(N2CCN(C)CC2)n1. The van der Waals surface area contributed by atoms with Crippen molar-refractivity contribution in [2.75, 3.05) is 43.9 Å². The average molecular weight is 350 g/mol. The van der Waals surface area contributed by atoms with Crippen molar-refractivity contribution in [3.05, 3.63) is 35.7 Å². The Balaban J connectivity index is 1.80. The minimum Gasteiger partial charge on any atom is -0.480 e. The number of piperazine rings is 1. The fourth-order valence-corrected chi connectivity index (χ4v) is 2.54. The third-order valence-corrected chi connectivity index (χ3v) is 4.00. The first-order valence-electron chi connectivity index (χ1n) is 7.99. The van der Waals surface area contributed by atoms with Gasteiger partial charge in [0.15, 0.2) is 23.5 Å². The quantitative estimate of drug-likeness (QED) is 0.897. The van der Waals surface area contributed by atoms with Crippen LogP contribution >= 0.6 is 0 Å². The second-order valence-electron chi connectivity index (χ2n) is 5.98. The highest BCUT2D eigenvalue weighted by Gasteiger charge is 2.21. The molecule has 1 saturated heterocycles. The molecular formula is C16H20F2N6O. The number of hydrogen-bond donors (Lipinski definition) is 1. The largest absolute Gasteiger partial charge is 0.480 e. The van der Waals surface area contributed by atoms with E-state index in [2.05, 4.69) is 19.9 Å². The van der Waals surface area contributed by atoms with Crippen molar-refractivity contribution in [2.24, 2.45) is 0 Å². The summed E-state index contributed by atoms with van der Waals surface area (Å²) in [6.45, 7) is 4.97. The molecule has 1 aliphatic rings. The highest BCUT2D eigenvalue weighted by molar-refractivity contribution is 5.36. The van der Waals surface area contributed by atoms with Gasteiger partial charge in [-0.05, 0) is 26.1 Å². The standard InChI is InChI=1S/C16H20F2N6O/c1-10(25-13-9-11(17)3-4-12(13)18)14-20-15(19)22-16(21-14)24-7-5-23(2)6-8-24/h3-4,9-10H,5-8H2,1-2H3,(H2,19,20,21,22). The molecular weight excluding hydrogens is 330 g/mol. The molecule has 25 heavy (non-hydrogen) atoms. The number of anilines is 2. The maximum atomic E-state index is 13.7. The Morgan fingerprint density at radius 1 is 1.12 bits per heavy atom. The van der Waals surface area contributed by atoms with Gasteiger partial charge in [0.25, 0.3) is 0 Å². The molecule has 7 nitrogen and oxygen atoms in total. The molecule has 1 aliphatic heterocycles. The number of aromatic nitrogens is 3. The van der Waals surface area contributed by atoms with Gasteiger partial charge in [-0.15, -0.1) is 0 Å². The zero-order valence-electron chi connectivity index (χ0n) is 14.1. The molecule has 0 aliphatic carbocycles. The van der Waals surface area contributed by atoms with E-state index in [9.17, 15) is 8.78 Å². The summed E-state index contributed by atoms with van der Waals surface area (Å²) in [4.78, 5) is 16.9. The summed E-state index contributed by atoms with van der Waals surface area (Å²) in [5.74, 6) is -0.649. The van der Waals surface area contributed by atoms with Crippen LogP contribution < -0.4 is 15.4 Å². The van der Waals surface area contributed by atoms with Crippen molar-refractivity contribution in [1.82, 2.24) is 19.9 Å². The van der Waals surface area contributed by atoms with Gasteiger partial charge in [-0.2, -0.15) is 15.0 Å². The minimum absolute atomic E-state index is 0.0640. The molecule has 2 aromatic rings. The second kappa shape index (κ2) is 7.14. The Morgan fingerprint density at radius 3 is 2.56 bits per heavy atom. The first-order chi connectivity index (χ1) is 11.9. The number of nitrogen functional groups attached to an aromatic ring is 1. The van der Waals surface area contributed by atoms with Gasteiger partial charge in [0, 0.05) is 32.2 Å². The number of nitrogens with two attached hydrogens (primary N) is 1. The number of rotatable bonds is 4. The van der Waals surface area contributed by atoms with Crippen LogP contribution in [0.1, 0.15) is 18.9 Å². The molecule has 1 unspecified atom stereocenters. The van der Waals surface area contributed by atoms with Crippen LogP contribution in [0.3, 0.4) is 0 Å². The molecule has 1 atom stereocenters. The van der Waals surface area contributed by atoms with Crippen LogP contribution in [0.25, 0.3) is 0 Å².